The van der Waals surface area contributed by atoms with E-state index in [0.29, 0.717) is 5.69 Å². The Bertz CT molecular complexity index is 536. The summed E-state index contributed by atoms with van der Waals surface area (Å²) in [6.45, 7) is 3.86. The molecular formula is C16H22FN3O. The standard InChI is InChI=1S/C16H22FN3O/c1-10(20-8-11-3-2-4-12(11)9-20)16(21)19-15-7-13(18)5-6-14(15)17/h5-7,10-12H,2-4,8-9,18H2,1H3,(H,19,21). The summed E-state index contributed by atoms with van der Waals surface area (Å²) in [4.78, 5) is 14.5. The quantitative estimate of drug-likeness (QED) is 0.841. The molecule has 0 bridgehead atoms. The summed E-state index contributed by atoms with van der Waals surface area (Å²) < 4.78 is 13.7. The number of anilines is 2. The molecule has 1 saturated heterocycles. The maximum absolute atomic E-state index is 13.7. The van der Waals surface area contributed by atoms with Crippen molar-refractivity contribution in [2.45, 2.75) is 32.2 Å². The predicted octanol–water partition coefficient (Wildman–Crippen LogP) is 2.47. The number of hydrogen-bond donors (Lipinski definition) is 2. The molecular weight excluding hydrogens is 269 g/mol. The molecule has 1 aromatic rings. The number of nitrogens with one attached hydrogen (secondary N) is 1. The van der Waals surface area contributed by atoms with E-state index in [2.05, 4.69) is 10.2 Å². The van der Waals surface area contributed by atoms with Crippen molar-refractivity contribution in [2.24, 2.45) is 11.8 Å². The fraction of sp³-hybridized carbons (Fsp3) is 0.562. The smallest absolute Gasteiger partial charge is 0.241 e. The highest BCUT2D eigenvalue weighted by atomic mass is 19.1. The predicted molar refractivity (Wildman–Crippen MR) is 81.3 cm³/mol. The van der Waals surface area contributed by atoms with Crippen LogP contribution < -0.4 is 11.1 Å². The number of carbonyl (C=O) groups is 1. The minimum absolute atomic E-state index is 0.159. The van der Waals surface area contributed by atoms with Crippen LogP contribution in [0.4, 0.5) is 15.8 Å². The number of halogens is 1. The first-order valence-corrected chi connectivity index (χ1v) is 7.64. The topological polar surface area (TPSA) is 58.4 Å². The molecule has 3 atom stereocenters. The Kier molecular flexibility index (Phi) is 3.85. The number of nitrogens with zero attached hydrogens (tertiary/aromatic N) is 1. The van der Waals surface area contributed by atoms with E-state index in [9.17, 15) is 9.18 Å². The van der Waals surface area contributed by atoms with Gasteiger partial charge in [-0.2, -0.15) is 0 Å². The van der Waals surface area contributed by atoms with Crippen LogP contribution in [0.25, 0.3) is 0 Å². The van der Waals surface area contributed by atoms with Gasteiger partial charge < -0.3 is 11.1 Å². The van der Waals surface area contributed by atoms with Gasteiger partial charge in [0.2, 0.25) is 5.91 Å². The monoisotopic (exact) mass is 291 g/mol. The Morgan fingerprint density at radius 3 is 2.71 bits per heavy atom. The van der Waals surface area contributed by atoms with Gasteiger partial charge in [-0.15, -0.1) is 0 Å². The molecule has 1 saturated carbocycles. The highest BCUT2D eigenvalue weighted by molar-refractivity contribution is 5.95. The molecule has 5 heteroatoms. The number of nitrogens with two attached hydrogens (primary N) is 1. The number of carbonyl (C=O) groups excluding carboxylic acids is 1. The van der Waals surface area contributed by atoms with Crippen LogP contribution in [0.15, 0.2) is 18.2 Å². The second-order valence-corrected chi connectivity index (χ2v) is 6.31. The first kappa shape index (κ1) is 14.3. The van der Waals surface area contributed by atoms with Crippen molar-refractivity contribution in [3.05, 3.63) is 24.0 Å². The number of amides is 1. The van der Waals surface area contributed by atoms with E-state index in [1.54, 1.807) is 0 Å². The van der Waals surface area contributed by atoms with Gasteiger partial charge in [0.05, 0.1) is 11.7 Å². The lowest BCUT2D eigenvalue weighted by Crippen LogP contribution is -2.41. The van der Waals surface area contributed by atoms with Crippen LogP contribution in [0.3, 0.4) is 0 Å². The fourth-order valence-corrected chi connectivity index (χ4v) is 3.63. The van der Waals surface area contributed by atoms with Gasteiger partial charge in [0.15, 0.2) is 0 Å². The molecule has 0 radical (unpaired) electrons. The molecule has 2 fully saturated rings. The van der Waals surface area contributed by atoms with E-state index in [-0.39, 0.29) is 17.6 Å². The summed E-state index contributed by atoms with van der Waals surface area (Å²) in [5, 5.41) is 2.66. The zero-order valence-electron chi connectivity index (χ0n) is 12.3. The molecule has 2 aliphatic rings. The molecule has 3 unspecified atom stereocenters. The minimum atomic E-state index is -0.456. The van der Waals surface area contributed by atoms with Gasteiger partial charge >= 0.3 is 0 Å². The summed E-state index contributed by atoms with van der Waals surface area (Å²) in [5.41, 5.74) is 6.23. The van der Waals surface area contributed by atoms with Crippen LogP contribution in [0.1, 0.15) is 26.2 Å². The SMILES string of the molecule is CC(C(=O)Nc1cc(N)ccc1F)N1CC2CCCC2C1. The molecule has 114 valence electrons. The largest absolute Gasteiger partial charge is 0.399 e. The molecule has 3 rings (SSSR count). The molecule has 1 aliphatic heterocycles. The molecule has 0 aromatic heterocycles. The molecule has 1 heterocycles. The van der Waals surface area contributed by atoms with Crippen LogP contribution in [0, 0.1) is 17.7 Å². The Morgan fingerprint density at radius 1 is 1.38 bits per heavy atom. The molecule has 1 amide bonds. The van der Waals surface area contributed by atoms with Gasteiger partial charge in [0, 0.05) is 18.8 Å². The van der Waals surface area contributed by atoms with Gasteiger partial charge in [-0.1, -0.05) is 6.42 Å². The number of rotatable bonds is 3. The van der Waals surface area contributed by atoms with Crippen molar-refractivity contribution in [3.8, 4) is 0 Å². The first-order valence-electron chi connectivity index (χ1n) is 7.64. The lowest BCUT2D eigenvalue weighted by atomic mass is 10.0. The van der Waals surface area contributed by atoms with Crippen molar-refractivity contribution < 1.29 is 9.18 Å². The van der Waals surface area contributed by atoms with Gasteiger partial charge in [0.25, 0.3) is 0 Å². The summed E-state index contributed by atoms with van der Waals surface area (Å²) in [6, 6.07) is 3.97. The van der Waals surface area contributed by atoms with Gasteiger partial charge in [-0.3, -0.25) is 9.69 Å². The number of nitrogen functional groups attached to an aromatic ring is 1. The highest BCUT2D eigenvalue weighted by Gasteiger charge is 2.39. The van der Waals surface area contributed by atoms with Crippen LogP contribution in [0.2, 0.25) is 0 Å². The Labute approximate surface area is 124 Å². The van der Waals surface area contributed by atoms with Crippen LogP contribution >= 0.6 is 0 Å². The van der Waals surface area contributed by atoms with E-state index in [1.165, 1.54) is 37.5 Å². The average Bonchev–Trinajstić information content (AvgIpc) is 3.03. The Hall–Kier alpha value is -1.62. The molecule has 21 heavy (non-hydrogen) atoms. The zero-order chi connectivity index (χ0) is 15.0. The number of likely N-dealkylation sites (tertiary alicyclic amines) is 1. The van der Waals surface area contributed by atoms with Crippen LogP contribution in [-0.2, 0) is 4.79 Å². The summed E-state index contributed by atoms with van der Waals surface area (Å²) in [7, 11) is 0. The molecule has 3 N–H and O–H groups in total. The molecule has 1 aliphatic carbocycles. The van der Waals surface area contributed by atoms with Crippen molar-refractivity contribution >= 4 is 17.3 Å². The fourth-order valence-electron chi connectivity index (χ4n) is 3.63. The normalized spacial score (nSPS) is 26.6. The van der Waals surface area contributed by atoms with Crippen molar-refractivity contribution in [3.63, 3.8) is 0 Å². The average molecular weight is 291 g/mol. The lowest BCUT2D eigenvalue weighted by Gasteiger charge is -2.24. The van der Waals surface area contributed by atoms with E-state index in [4.69, 9.17) is 5.73 Å². The zero-order valence-corrected chi connectivity index (χ0v) is 12.3. The Balaban J connectivity index is 1.64. The maximum atomic E-state index is 13.7. The summed E-state index contributed by atoms with van der Waals surface area (Å²) >= 11 is 0. The second kappa shape index (κ2) is 5.64. The number of fused-ring (bicyclic) bond motifs is 1. The Morgan fingerprint density at radius 2 is 2.05 bits per heavy atom. The number of hydrogen-bond acceptors (Lipinski definition) is 3. The van der Waals surface area contributed by atoms with E-state index in [1.807, 2.05) is 6.92 Å². The third-order valence-electron chi connectivity index (χ3n) is 4.93. The molecule has 0 spiro atoms. The third-order valence-corrected chi connectivity index (χ3v) is 4.93. The third kappa shape index (κ3) is 2.88. The summed E-state index contributed by atoms with van der Waals surface area (Å²) in [5.74, 6) is 0.858. The van der Waals surface area contributed by atoms with Gasteiger partial charge in [-0.25, -0.2) is 4.39 Å². The van der Waals surface area contributed by atoms with Crippen molar-refractivity contribution in [1.82, 2.24) is 4.90 Å². The van der Waals surface area contributed by atoms with Gasteiger partial charge in [-0.05, 0) is 49.8 Å². The van der Waals surface area contributed by atoms with Crippen molar-refractivity contribution in [1.29, 1.82) is 0 Å². The molecule has 1 aromatic carbocycles. The van der Waals surface area contributed by atoms with Crippen LogP contribution in [0.5, 0.6) is 0 Å². The van der Waals surface area contributed by atoms with Crippen LogP contribution in [-0.4, -0.2) is 29.9 Å². The summed E-state index contributed by atoms with van der Waals surface area (Å²) in [6.07, 6.45) is 3.87. The van der Waals surface area contributed by atoms with Gasteiger partial charge in [0.1, 0.15) is 5.82 Å². The van der Waals surface area contributed by atoms with E-state index < -0.39 is 5.82 Å². The second-order valence-electron chi connectivity index (χ2n) is 6.31. The minimum Gasteiger partial charge on any atom is -0.399 e. The first-order chi connectivity index (χ1) is 10.0. The maximum Gasteiger partial charge on any atom is 0.241 e. The lowest BCUT2D eigenvalue weighted by molar-refractivity contribution is -0.120. The van der Waals surface area contributed by atoms with E-state index >= 15 is 0 Å². The van der Waals surface area contributed by atoms with E-state index in [0.717, 1.165) is 24.9 Å². The highest BCUT2D eigenvalue weighted by Crippen LogP contribution is 2.38. The molecule has 4 nitrogen and oxygen atoms in total. The van der Waals surface area contributed by atoms with Crippen molar-refractivity contribution in [2.75, 3.05) is 24.1 Å². The number of benzene rings is 1.